The summed E-state index contributed by atoms with van der Waals surface area (Å²) in [5.41, 5.74) is 0. The number of hydrogen-bond acceptors (Lipinski definition) is 15. The number of ether oxygens (including phenoxy) is 4. The van der Waals surface area contributed by atoms with Crippen LogP contribution in [-0.4, -0.2) is 96.7 Å². The van der Waals surface area contributed by atoms with Gasteiger partial charge in [0.15, 0.2) is 12.2 Å². The number of carbonyl (C=O) groups is 4. The highest BCUT2D eigenvalue weighted by Crippen LogP contribution is 2.45. The van der Waals surface area contributed by atoms with E-state index in [1.807, 2.05) is 0 Å². The van der Waals surface area contributed by atoms with Crippen molar-refractivity contribution < 1.29 is 80.2 Å². The fourth-order valence-corrected chi connectivity index (χ4v) is 15.3. The monoisotopic (exact) mass is 1550 g/mol. The van der Waals surface area contributed by atoms with Crippen LogP contribution in [0.3, 0.4) is 0 Å². The quantitative estimate of drug-likeness (QED) is 0.0222. The van der Waals surface area contributed by atoms with Crippen molar-refractivity contribution in [2.75, 3.05) is 39.6 Å². The van der Waals surface area contributed by atoms with Crippen molar-refractivity contribution in [3.05, 3.63) is 0 Å². The first kappa shape index (κ1) is 104. The van der Waals surface area contributed by atoms with Gasteiger partial charge in [0.1, 0.15) is 19.3 Å². The van der Waals surface area contributed by atoms with Gasteiger partial charge >= 0.3 is 39.5 Å². The Labute approximate surface area is 651 Å². The maximum absolute atomic E-state index is 13.2. The Bertz CT molecular complexity index is 2000. The third-order valence-corrected chi connectivity index (χ3v) is 22.5. The molecule has 0 heterocycles. The van der Waals surface area contributed by atoms with E-state index in [2.05, 4.69) is 27.7 Å². The molecule has 0 aliphatic carbocycles. The largest absolute Gasteiger partial charge is 0.472 e. The molecule has 3 N–H and O–H groups in total. The molecule has 0 saturated carbocycles. The molecule has 630 valence electrons. The zero-order valence-corrected chi connectivity index (χ0v) is 71.2. The number of rotatable bonds is 88. The summed E-state index contributed by atoms with van der Waals surface area (Å²) >= 11 is 0. The molecule has 0 aromatic heterocycles. The van der Waals surface area contributed by atoms with Gasteiger partial charge in [-0.25, -0.2) is 9.13 Å². The lowest BCUT2D eigenvalue weighted by molar-refractivity contribution is -0.161. The molecular formula is C87H170O17P2. The summed E-state index contributed by atoms with van der Waals surface area (Å²) in [6.45, 7) is 5.06. The highest BCUT2D eigenvalue weighted by molar-refractivity contribution is 7.47. The van der Waals surface area contributed by atoms with Crippen LogP contribution in [0.5, 0.6) is 0 Å². The molecule has 17 nitrogen and oxygen atoms in total. The first-order chi connectivity index (χ1) is 51.7. The van der Waals surface area contributed by atoms with Crippen molar-refractivity contribution in [1.82, 2.24) is 0 Å². The molecule has 106 heavy (non-hydrogen) atoms. The van der Waals surface area contributed by atoms with Crippen LogP contribution in [0.15, 0.2) is 0 Å². The van der Waals surface area contributed by atoms with Gasteiger partial charge in [-0.05, 0) is 25.7 Å². The number of phosphoric acid groups is 2. The van der Waals surface area contributed by atoms with E-state index in [4.69, 9.17) is 37.0 Å². The smallest absolute Gasteiger partial charge is 0.462 e. The molecule has 0 amide bonds. The van der Waals surface area contributed by atoms with Gasteiger partial charge in [0.25, 0.3) is 0 Å². The summed E-state index contributed by atoms with van der Waals surface area (Å²) in [6.07, 6.45) is 76.4. The fraction of sp³-hybridized carbons (Fsp3) is 0.954. The second-order valence-electron chi connectivity index (χ2n) is 31.3. The molecule has 5 atom stereocenters. The summed E-state index contributed by atoms with van der Waals surface area (Å²) in [4.78, 5) is 73.2. The second-order valence-corrected chi connectivity index (χ2v) is 34.2. The zero-order valence-electron chi connectivity index (χ0n) is 69.4. The molecule has 0 aliphatic rings. The highest BCUT2D eigenvalue weighted by atomic mass is 31.2. The van der Waals surface area contributed by atoms with Gasteiger partial charge in [-0.3, -0.25) is 37.3 Å². The molecule has 0 aliphatic heterocycles. The first-order valence-corrected chi connectivity index (χ1v) is 48.3. The molecule has 0 spiro atoms. The van der Waals surface area contributed by atoms with E-state index < -0.39 is 97.5 Å². The fourth-order valence-electron chi connectivity index (χ4n) is 13.7. The average molecular weight is 1550 g/mol. The second kappa shape index (κ2) is 81.1. The van der Waals surface area contributed by atoms with E-state index >= 15 is 0 Å². The summed E-state index contributed by atoms with van der Waals surface area (Å²) in [5.74, 6) is -2.10. The van der Waals surface area contributed by atoms with Crippen LogP contribution in [0.25, 0.3) is 0 Å². The van der Waals surface area contributed by atoms with Gasteiger partial charge in [0.05, 0.1) is 26.4 Å². The molecule has 0 aromatic carbocycles. The number of aliphatic hydroxyl groups excluding tert-OH is 1. The van der Waals surface area contributed by atoms with Crippen LogP contribution in [0, 0.1) is 0 Å². The Morgan fingerprint density at radius 2 is 0.377 bits per heavy atom. The maximum atomic E-state index is 13.2. The van der Waals surface area contributed by atoms with Crippen LogP contribution >= 0.6 is 15.6 Å². The van der Waals surface area contributed by atoms with Gasteiger partial charge < -0.3 is 33.8 Å². The molecule has 0 bridgehead atoms. The van der Waals surface area contributed by atoms with E-state index in [1.54, 1.807) is 0 Å². The lowest BCUT2D eigenvalue weighted by Gasteiger charge is -2.21. The summed E-state index contributed by atoms with van der Waals surface area (Å²) in [6, 6.07) is 0. The van der Waals surface area contributed by atoms with Crippen molar-refractivity contribution in [3.8, 4) is 0 Å². The number of esters is 4. The van der Waals surface area contributed by atoms with E-state index in [1.165, 1.54) is 308 Å². The van der Waals surface area contributed by atoms with Crippen molar-refractivity contribution in [1.29, 1.82) is 0 Å². The van der Waals surface area contributed by atoms with Crippen LogP contribution in [0.1, 0.15) is 477 Å². The Balaban J connectivity index is 5.21. The predicted molar refractivity (Wildman–Crippen MR) is 437 cm³/mol. The van der Waals surface area contributed by atoms with Gasteiger partial charge in [0, 0.05) is 25.7 Å². The minimum atomic E-state index is -4.97. The molecule has 0 rings (SSSR count). The zero-order chi connectivity index (χ0) is 77.4. The van der Waals surface area contributed by atoms with Crippen molar-refractivity contribution in [2.24, 2.45) is 0 Å². The maximum Gasteiger partial charge on any atom is 0.472 e. The van der Waals surface area contributed by atoms with Crippen LogP contribution in [0.2, 0.25) is 0 Å². The van der Waals surface area contributed by atoms with Gasteiger partial charge in [-0.15, -0.1) is 0 Å². The Hall–Kier alpha value is -1.94. The molecule has 19 heteroatoms. The molecule has 0 aromatic rings. The molecule has 0 fully saturated rings. The van der Waals surface area contributed by atoms with Crippen LogP contribution < -0.4 is 0 Å². The van der Waals surface area contributed by atoms with E-state index in [0.29, 0.717) is 25.7 Å². The van der Waals surface area contributed by atoms with Crippen LogP contribution in [-0.2, 0) is 65.4 Å². The topological polar surface area (TPSA) is 237 Å². The number of phosphoric ester groups is 2. The third-order valence-electron chi connectivity index (χ3n) is 20.6. The Morgan fingerprint density at radius 3 is 0.557 bits per heavy atom. The number of aliphatic hydroxyl groups is 1. The molecular weight excluding hydrogens is 1380 g/mol. The summed E-state index contributed by atoms with van der Waals surface area (Å²) < 4.78 is 68.9. The van der Waals surface area contributed by atoms with E-state index in [9.17, 15) is 43.2 Å². The lowest BCUT2D eigenvalue weighted by Crippen LogP contribution is -2.30. The van der Waals surface area contributed by atoms with E-state index in [-0.39, 0.29) is 25.7 Å². The minimum Gasteiger partial charge on any atom is -0.462 e. The van der Waals surface area contributed by atoms with Crippen molar-refractivity contribution >= 4 is 39.5 Å². The third kappa shape index (κ3) is 80.1. The van der Waals surface area contributed by atoms with Crippen molar-refractivity contribution in [3.63, 3.8) is 0 Å². The van der Waals surface area contributed by atoms with E-state index in [0.717, 1.165) is 89.9 Å². The predicted octanol–water partition coefficient (Wildman–Crippen LogP) is 26.9. The number of unbranched alkanes of at least 4 members (excludes halogenated alkanes) is 62. The highest BCUT2D eigenvalue weighted by Gasteiger charge is 2.30. The minimum absolute atomic E-state index is 0.109. The lowest BCUT2D eigenvalue weighted by atomic mass is 10.0. The SMILES string of the molecule is CCCCCCCCCCCCCCCCCCCCCCCCC(=O)O[C@H](COC(=O)CCCCCCCCCCCCCCCCCCCC)COP(=O)(O)OC[C@@H](O)COP(=O)(O)OC[C@@H](COC(=O)CCCCCCCCCCCC)OC(=O)CCCCCCCCCCCCCCCCCC. The Morgan fingerprint density at radius 1 is 0.226 bits per heavy atom. The van der Waals surface area contributed by atoms with Gasteiger partial charge in [-0.2, -0.15) is 0 Å². The number of hydrogen-bond donors (Lipinski definition) is 3. The molecule has 2 unspecified atom stereocenters. The van der Waals surface area contributed by atoms with Crippen LogP contribution in [0.4, 0.5) is 0 Å². The molecule has 0 saturated heterocycles. The molecule has 0 radical (unpaired) electrons. The van der Waals surface area contributed by atoms with Crippen molar-refractivity contribution in [2.45, 2.75) is 495 Å². The summed E-state index contributed by atoms with van der Waals surface area (Å²) in [7, 11) is -9.93. The summed E-state index contributed by atoms with van der Waals surface area (Å²) in [5, 5.41) is 10.7. The Kier molecular flexibility index (Phi) is 79.6. The van der Waals surface area contributed by atoms with Gasteiger partial charge in [0.2, 0.25) is 0 Å². The standard InChI is InChI=1S/C87H170O17P2/c1-5-9-13-17-21-25-29-32-35-38-40-41-42-43-45-48-51-54-58-62-66-70-74-87(92)104-83(78-98-85(90)72-68-64-60-56-52-49-47-44-39-36-33-30-26-22-18-14-10-6-2)80-102-106(95,96)100-76-81(88)75-99-105(93,94)101-79-82(77-97-84(89)71-67-63-59-55-28-24-20-16-12-8-4)103-86(91)73-69-65-61-57-53-50-46-37-34-31-27-23-19-15-11-7-3/h81-83,88H,5-80H2,1-4H3,(H,93,94)(H,95,96)/t81-,82+,83+/m0/s1. The normalized spacial score (nSPS) is 13.7. The first-order valence-electron chi connectivity index (χ1n) is 45.3. The van der Waals surface area contributed by atoms with Gasteiger partial charge in [-0.1, -0.05) is 426 Å². The number of carbonyl (C=O) groups excluding carboxylic acids is 4. The average Bonchev–Trinajstić information content (AvgIpc) is 0.970.